The predicted octanol–water partition coefficient (Wildman–Crippen LogP) is -1.86. The molecule has 0 fully saturated rings. The molecule has 0 amide bonds. The number of rotatable bonds is 5. The molecule has 0 saturated heterocycles. The lowest BCUT2D eigenvalue weighted by Crippen LogP contribution is -3.00. The fourth-order valence-corrected chi connectivity index (χ4v) is 0.990. The normalized spacial score (nSPS) is 9.23. The Bertz CT molecular complexity index is 236. The molecule has 13 heavy (non-hydrogen) atoms. The van der Waals surface area contributed by atoms with Crippen molar-refractivity contribution in [2.24, 2.45) is 0 Å². The SMILES string of the molecule is O=C(O)CCCCn1ccnc1.[Cl-]. The zero-order valence-electron chi connectivity index (χ0n) is 7.19. The highest BCUT2D eigenvalue weighted by atomic mass is 35.5. The highest BCUT2D eigenvalue weighted by molar-refractivity contribution is 5.66. The molecule has 0 radical (unpaired) electrons. The molecule has 0 spiro atoms. The summed E-state index contributed by atoms with van der Waals surface area (Å²) in [5.74, 6) is -0.722. The highest BCUT2D eigenvalue weighted by Gasteiger charge is 1.96. The molecule has 1 N–H and O–H groups in total. The molecule has 74 valence electrons. The molecule has 1 rings (SSSR count). The van der Waals surface area contributed by atoms with E-state index < -0.39 is 5.97 Å². The minimum Gasteiger partial charge on any atom is -1.00 e. The van der Waals surface area contributed by atoms with Crippen molar-refractivity contribution in [2.45, 2.75) is 25.8 Å². The molecule has 1 aromatic heterocycles. The van der Waals surface area contributed by atoms with Crippen molar-refractivity contribution in [3.63, 3.8) is 0 Å². The van der Waals surface area contributed by atoms with Gasteiger partial charge >= 0.3 is 5.97 Å². The Morgan fingerprint density at radius 1 is 1.46 bits per heavy atom. The van der Waals surface area contributed by atoms with E-state index in [0.717, 1.165) is 19.4 Å². The Labute approximate surface area is 83.0 Å². The molecule has 0 aliphatic rings. The van der Waals surface area contributed by atoms with Crippen LogP contribution in [0, 0.1) is 0 Å². The van der Waals surface area contributed by atoms with Crippen LogP contribution >= 0.6 is 0 Å². The number of aryl methyl sites for hydroxylation is 1. The zero-order chi connectivity index (χ0) is 8.81. The molecule has 0 unspecified atom stereocenters. The van der Waals surface area contributed by atoms with Gasteiger partial charge in [-0.3, -0.25) is 4.79 Å². The number of imidazole rings is 1. The number of carbonyl (C=O) groups is 1. The fourth-order valence-electron chi connectivity index (χ4n) is 0.990. The molecule has 4 nitrogen and oxygen atoms in total. The first-order valence-electron chi connectivity index (χ1n) is 3.96. The summed E-state index contributed by atoms with van der Waals surface area (Å²) in [6.07, 6.45) is 7.21. The van der Waals surface area contributed by atoms with Crippen LogP contribution in [0.3, 0.4) is 0 Å². The first-order valence-corrected chi connectivity index (χ1v) is 3.96. The lowest BCUT2D eigenvalue weighted by molar-refractivity contribution is -0.137. The number of hydrogen-bond donors (Lipinski definition) is 1. The number of carboxylic acid groups (broad SMARTS) is 1. The number of aliphatic carboxylic acids is 1. The number of nitrogens with zero attached hydrogens (tertiary/aromatic N) is 2. The molecule has 1 aromatic rings. The molecule has 0 aliphatic carbocycles. The summed E-state index contributed by atoms with van der Waals surface area (Å²) < 4.78 is 1.95. The largest absolute Gasteiger partial charge is 1.00 e. The molecule has 0 atom stereocenters. The van der Waals surface area contributed by atoms with E-state index in [-0.39, 0.29) is 18.8 Å². The highest BCUT2D eigenvalue weighted by Crippen LogP contribution is 1.98. The first-order chi connectivity index (χ1) is 5.79. The van der Waals surface area contributed by atoms with Crippen LogP contribution in [-0.4, -0.2) is 20.6 Å². The van der Waals surface area contributed by atoms with E-state index in [9.17, 15) is 4.79 Å². The van der Waals surface area contributed by atoms with Gasteiger partial charge in [-0.25, -0.2) is 4.98 Å². The maximum absolute atomic E-state index is 10.1. The lowest BCUT2D eigenvalue weighted by atomic mass is 10.2. The second-order valence-electron chi connectivity index (χ2n) is 2.65. The predicted molar refractivity (Wildman–Crippen MR) is 43.7 cm³/mol. The molecular weight excluding hydrogens is 192 g/mol. The van der Waals surface area contributed by atoms with E-state index in [4.69, 9.17) is 5.11 Å². The Kier molecular flexibility index (Phi) is 5.97. The lowest BCUT2D eigenvalue weighted by Gasteiger charge is -1.99. The number of unbranched alkanes of at least 4 members (excludes halogenated alkanes) is 1. The van der Waals surface area contributed by atoms with Gasteiger partial charge in [0.2, 0.25) is 0 Å². The van der Waals surface area contributed by atoms with Gasteiger partial charge in [0.05, 0.1) is 6.33 Å². The van der Waals surface area contributed by atoms with Crippen molar-refractivity contribution >= 4 is 5.97 Å². The van der Waals surface area contributed by atoms with Gasteiger partial charge in [-0.15, -0.1) is 0 Å². The van der Waals surface area contributed by atoms with E-state index in [1.54, 1.807) is 12.5 Å². The second-order valence-corrected chi connectivity index (χ2v) is 2.65. The number of carboxylic acids is 1. The Morgan fingerprint density at radius 3 is 2.77 bits per heavy atom. The van der Waals surface area contributed by atoms with Crippen molar-refractivity contribution in [3.05, 3.63) is 18.7 Å². The molecule has 1 heterocycles. The molecule has 0 saturated carbocycles. The smallest absolute Gasteiger partial charge is 0.303 e. The van der Waals surface area contributed by atoms with Gasteiger partial charge in [-0.2, -0.15) is 0 Å². The summed E-state index contributed by atoms with van der Waals surface area (Å²) in [6, 6.07) is 0. The van der Waals surface area contributed by atoms with Crippen LogP contribution in [0.15, 0.2) is 18.7 Å². The summed E-state index contributed by atoms with van der Waals surface area (Å²) in [5, 5.41) is 8.35. The molecular formula is C8H12ClN2O2-. The van der Waals surface area contributed by atoms with Crippen LogP contribution in [0.4, 0.5) is 0 Å². The van der Waals surface area contributed by atoms with Gasteiger partial charge < -0.3 is 22.1 Å². The van der Waals surface area contributed by atoms with Crippen molar-refractivity contribution in [3.8, 4) is 0 Å². The van der Waals surface area contributed by atoms with E-state index in [1.165, 1.54) is 0 Å². The fraction of sp³-hybridized carbons (Fsp3) is 0.500. The van der Waals surface area contributed by atoms with Crippen LogP contribution in [0.1, 0.15) is 19.3 Å². The number of hydrogen-bond acceptors (Lipinski definition) is 2. The maximum atomic E-state index is 10.1. The molecule has 0 aliphatic heterocycles. The van der Waals surface area contributed by atoms with Gasteiger partial charge in [-0.1, -0.05) is 0 Å². The van der Waals surface area contributed by atoms with Gasteiger partial charge in [0.25, 0.3) is 0 Å². The van der Waals surface area contributed by atoms with Crippen LogP contribution in [0.25, 0.3) is 0 Å². The van der Waals surface area contributed by atoms with Crippen LogP contribution < -0.4 is 12.4 Å². The van der Waals surface area contributed by atoms with Crippen LogP contribution in [0.2, 0.25) is 0 Å². The standard InChI is InChI=1S/C8H12N2O2.ClH/c11-8(12)3-1-2-5-10-6-4-9-7-10;/h4,6-7H,1-3,5H2,(H,11,12);1H/p-1. The van der Waals surface area contributed by atoms with E-state index in [2.05, 4.69) is 4.98 Å². The van der Waals surface area contributed by atoms with Gasteiger partial charge in [-0.05, 0) is 12.8 Å². The molecule has 0 bridgehead atoms. The quantitative estimate of drug-likeness (QED) is 0.572. The monoisotopic (exact) mass is 203 g/mol. The topological polar surface area (TPSA) is 55.1 Å². The summed E-state index contributed by atoms with van der Waals surface area (Å²) in [6.45, 7) is 0.854. The second kappa shape index (κ2) is 6.48. The van der Waals surface area contributed by atoms with Crippen LogP contribution in [-0.2, 0) is 11.3 Å². The number of halogens is 1. The van der Waals surface area contributed by atoms with Crippen LogP contribution in [0.5, 0.6) is 0 Å². The first kappa shape index (κ1) is 12.0. The van der Waals surface area contributed by atoms with E-state index >= 15 is 0 Å². The van der Waals surface area contributed by atoms with Gasteiger partial charge in [0.1, 0.15) is 0 Å². The van der Waals surface area contributed by atoms with Crippen molar-refractivity contribution < 1.29 is 22.3 Å². The summed E-state index contributed by atoms with van der Waals surface area (Å²) in [7, 11) is 0. The minimum atomic E-state index is -0.722. The van der Waals surface area contributed by atoms with Crippen molar-refractivity contribution in [1.29, 1.82) is 0 Å². The van der Waals surface area contributed by atoms with E-state index in [0.29, 0.717) is 0 Å². The average Bonchev–Trinajstić information content (AvgIpc) is 2.49. The summed E-state index contributed by atoms with van der Waals surface area (Å²) in [4.78, 5) is 14.0. The summed E-state index contributed by atoms with van der Waals surface area (Å²) >= 11 is 0. The minimum absolute atomic E-state index is 0. The third-order valence-electron chi connectivity index (χ3n) is 1.62. The maximum Gasteiger partial charge on any atom is 0.303 e. The Balaban J connectivity index is 0.00000144. The number of aromatic nitrogens is 2. The van der Waals surface area contributed by atoms with Gasteiger partial charge in [0.15, 0.2) is 0 Å². The third kappa shape index (κ3) is 5.25. The average molecular weight is 204 g/mol. The third-order valence-corrected chi connectivity index (χ3v) is 1.62. The summed E-state index contributed by atoms with van der Waals surface area (Å²) in [5.41, 5.74) is 0. The van der Waals surface area contributed by atoms with E-state index in [1.807, 2.05) is 10.8 Å². The van der Waals surface area contributed by atoms with Crippen molar-refractivity contribution in [2.75, 3.05) is 0 Å². The van der Waals surface area contributed by atoms with Gasteiger partial charge in [0, 0.05) is 25.4 Å². The zero-order valence-corrected chi connectivity index (χ0v) is 7.94. The molecule has 0 aromatic carbocycles. The molecule has 5 heteroatoms. The van der Waals surface area contributed by atoms with Crippen molar-refractivity contribution in [1.82, 2.24) is 9.55 Å². The Hall–Kier alpha value is -1.03. The Morgan fingerprint density at radius 2 is 2.23 bits per heavy atom.